The predicted molar refractivity (Wildman–Crippen MR) is 91.9 cm³/mol. The fraction of sp³-hybridized carbons (Fsp3) is 0.455. The summed E-state index contributed by atoms with van der Waals surface area (Å²) in [4.78, 5) is 43.8. The Morgan fingerprint density at radius 3 is 2.55 bits per heavy atom. The van der Waals surface area contributed by atoms with Gasteiger partial charge in [-0.2, -0.15) is 8.62 Å². The third-order valence-corrected chi connectivity index (χ3v) is 7.47. The first kappa shape index (κ1) is 22.6. The summed E-state index contributed by atoms with van der Waals surface area (Å²) in [5.41, 5.74) is 1.07. The molecular formula is C11H16N3O12P3. The molecule has 2 aromatic rings. The number of imidazole rings is 1. The van der Waals surface area contributed by atoms with Crippen molar-refractivity contribution in [2.75, 3.05) is 6.61 Å². The number of phosphoric acid groups is 3. The highest BCUT2D eigenvalue weighted by Crippen LogP contribution is 2.66. The Balaban J connectivity index is 1.61. The molecule has 15 nitrogen and oxygen atoms in total. The maximum Gasteiger partial charge on any atom is 0.490 e. The van der Waals surface area contributed by atoms with Gasteiger partial charge < -0.3 is 29.4 Å². The summed E-state index contributed by atoms with van der Waals surface area (Å²) >= 11 is 0. The average molecular weight is 475 g/mol. The maximum atomic E-state index is 11.7. The molecule has 162 valence electrons. The van der Waals surface area contributed by atoms with Crippen molar-refractivity contribution in [2.45, 2.75) is 24.9 Å². The number of fused-ring (bicyclic) bond motifs is 1. The molecule has 0 saturated carbocycles. The Labute approximate surface area is 162 Å². The molecule has 0 aliphatic carbocycles. The number of phosphoric ester groups is 1. The molecule has 2 aromatic heterocycles. The number of rotatable bonds is 8. The van der Waals surface area contributed by atoms with Gasteiger partial charge in [0.2, 0.25) is 0 Å². The van der Waals surface area contributed by atoms with Gasteiger partial charge in [0.05, 0.1) is 19.0 Å². The molecule has 3 heterocycles. The molecule has 0 aromatic carbocycles. The van der Waals surface area contributed by atoms with Gasteiger partial charge in [0.15, 0.2) is 5.65 Å². The number of hydrogen-bond donors (Lipinski definition) is 5. The van der Waals surface area contributed by atoms with E-state index in [2.05, 4.69) is 23.1 Å². The molecule has 0 bridgehead atoms. The van der Waals surface area contributed by atoms with Gasteiger partial charge in [-0.25, -0.2) is 23.7 Å². The van der Waals surface area contributed by atoms with Crippen molar-refractivity contribution in [3.8, 4) is 0 Å². The monoisotopic (exact) mass is 475 g/mol. The molecule has 18 heteroatoms. The van der Waals surface area contributed by atoms with Crippen molar-refractivity contribution in [2.24, 2.45) is 0 Å². The minimum atomic E-state index is -5.62. The fourth-order valence-corrected chi connectivity index (χ4v) is 5.61. The van der Waals surface area contributed by atoms with Crippen LogP contribution < -0.4 is 0 Å². The van der Waals surface area contributed by atoms with Crippen LogP contribution in [-0.4, -0.2) is 58.0 Å². The fourth-order valence-electron chi connectivity index (χ4n) is 2.58. The minimum absolute atomic E-state index is 0.0620. The standard InChI is InChI=1S/C11H16N3O12P3/c15-8-4-10(14-6-13-7-2-1-3-12-11(7)14)24-9(8)5-23-28(19,20)26-29(21,22)25-27(16,17)18/h1-3,6,8-10,15H,4-5H2,(H,19,20)(H,21,22)(H2,16,17,18). The molecule has 5 N–H and O–H groups in total. The lowest BCUT2D eigenvalue weighted by atomic mass is 10.2. The molecule has 3 rings (SSSR count). The number of nitrogens with zero attached hydrogens (tertiary/aromatic N) is 3. The van der Waals surface area contributed by atoms with Gasteiger partial charge in [-0.1, -0.05) is 0 Å². The van der Waals surface area contributed by atoms with Crippen LogP contribution in [0.4, 0.5) is 0 Å². The van der Waals surface area contributed by atoms with E-state index in [0.29, 0.717) is 11.2 Å². The first-order valence-electron chi connectivity index (χ1n) is 7.75. The quantitative estimate of drug-likeness (QED) is 0.327. The van der Waals surface area contributed by atoms with E-state index < -0.39 is 48.5 Å². The van der Waals surface area contributed by atoms with Crippen LogP contribution in [0.25, 0.3) is 11.2 Å². The molecule has 1 saturated heterocycles. The third-order valence-electron chi connectivity index (χ3n) is 3.66. The van der Waals surface area contributed by atoms with Gasteiger partial charge in [0, 0.05) is 12.6 Å². The van der Waals surface area contributed by atoms with Gasteiger partial charge in [-0.3, -0.25) is 9.09 Å². The van der Waals surface area contributed by atoms with Crippen LogP contribution in [0.15, 0.2) is 24.7 Å². The van der Waals surface area contributed by atoms with E-state index in [4.69, 9.17) is 19.4 Å². The number of aliphatic hydroxyl groups is 1. The first-order valence-corrected chi connectivity index (χ1v) is 12.3. The smallest absolute Gasteiger partial charge is 0.390 e. The molecule has 5 atom stereocenters. The van der Waals surface area contributed by atoms with Crippen LogP contribution in [0.2, 0.25) is 0 Å². The second kappa shape index (κ2) is 8.23. The first-order chi connectivity index (χ1) is 13.4. The Kier molecular flexibility index (Phi) is 6.42. The number of aromatic nitrogens is 3. The largest absolute Gasteiger partial charge is 0.490 e. The second-order valence-electron chi connectivity index (χ2n) is 5.82. The summed E-state index contributed by atoms with van der Waals surface area (Å²) < 4.78 is 52.4. The summed E-state index contributed by atoms with van der Waals surface area (Å²) in [6.07, 6.45) is 0.0456. The van der Waals surface area contributed by atoms with E-state index in [1.54, 1.807) is 22.9 Å². The minimum Gasteiger partial charge on any atom is -0.390 e. The zero-order chi connectivity index (χ0) is 21.4. The van der Waals surface area contributed by atoms with Crippen molar-refractivity contribution < 1.29 is 56.3 Å². The van der Waals surface area contributed by atoms with E-state index in [1.807, 2.05) is 0 Å². The molecular weight excluding hydrogens is 459 g/mol. The highest BCUT2D eigenvalue weighted by atomic mass is 31.3. The zero-order valence-corrected chi connectivity index (χ0v) is 16.9. The predicted octanol–water partition coefficient (Wildman–Crippen LogP) is 0.423. The van der Waals surface area contributed by atoms with E-state index in [0.717, 1.165) is 0 Å². The molecule has 0 radical (unpaired) electrons. The van der Waals surface area contributed by atoms with Gasteiger partial charge in [0.1, 0.15) is 17.8 Å². The Bertz CT molecular complexity index is 1020. The third kappa shape index (κ3) is 5.98. The number of pyridine rings is 1. The summed E-state index contributed by atoms with van der Waals surface area (Å²) in [5.74, 6) is 0. The van der Waals surface area contributed by atoms with E-state index in [9.17, 15) is 23.7 Å². The summed E-state index contributed by atoms with van der Waals surface area (Å²) in [5, 5.41) is 10.1. The lowest BCUT2D eigenvalue weighted by Gasteiger charge is -2.19. The van der Waals surface area contributed by atoms with Crippen molar-refractivity contribution in [1.82, 2.24) is 14.5 Å². The molecule has 1 aliphatic heterocycles. The Hall–Kier alpha value is -1.05. The summed E-state index contributed by atoms with van der Waals surface area (Å²) in [7, 11) is -16.4. The SMILES string of the molecule is O=P(O)(O)OP(=O)(O)OP(=O)(O)OCC1OC(n2cnc3cccnc32)CC1O. The Morgan fingerprint density at radius 2 is 1.86 bits per heavy atom. The van der Waals surface area contributed by atoms with Gasteiger partial charge in [-0.05, 0) is 12.1 Å². The molecule has 5 unspecified atom stereocenters. The average Bonchev–Trinajstić information content (AvgIpc) is 3.13. The van der Waals surface area contributed by atoms with Crippen molar-refractivity contribution in [1.29, 1.82) is 0 Å². The topological polar surface area (TPSA) is 220 Å². The lowest BCUT2D eigenvalue weighted by Crippen LogP contribution is -2.26. The van der Waals surface area contributed by atoms with Crippen LogP contribution in [-0.2, 0) is 31.6 Å². The van der Waals surface area contributed by atoms with Crippen molar-refractivity contribution in [3.63, 3.8) is 0 Å². The van der Waals surface area contributed by atoms with Crippen LogP contribution >= 0.6 is 23.5 Å². The maximum absolute atomic E-state index is 11.7. The highest BCUT2D eigenvalue weighted by molar-refractivity contribution is 7.66. The normalized spacial score (nSPS) is 27.0. The highest BCUT2D eigenvalue weighted by Gasteiger charge is 2.42. The van der Waals surface area contributed by atoms with Crippen molar-refractivity contribution >= 4 is 34.6 Å². The zero-order valence-electron chi connectivity index (χ0n) is 14.2. The number of hydrogen-bond acceptors (Lipinski definition) is 10. The molecule has 0 spiro atoms. The number of ether oxygens (including phenoxy) is 1. The van der Waals surface area contributed by atoms with Crippen LogP contribution in [0.1, 0.15) is 12.6 Å². The second-order valence-corrected chi connectivity index (χ2v) is 10.2. The molecule has 0 amide bonds. The number of aliphatic hydroxyl groups excluding tert-OH is 1. The molecule has 1 fully saturated rings. The van der Waals surface area contributed by atoms with Gasteiger partial charge >= 0.3 is 23.5 Å². The van der Waals surface area contributed by atoms with Gasteiger partial charge in [0.25, 0.3) is 0 Å². The van der Waals surface area contributed by atoms with E-state index in [-0.39, 0.29) is 6.42 Å². The summed E-state index contributed by atoms with van der Waals surface area (Å²) in [6.45, 7) is -0.749. The van der Waals surface area contributed by atoms with E-state index in [1.165, 1.54) is 6.33 Å². The Morgan fingerprint density at radius 1 is 1.14 bits per heavy atom. The van der Waals surface area contributed by atoms with Crippen LogP contribution in [0.5, 0.6) is 0 Å². The van der Waals surface area contributed by atoms with Crippen molar-refractivity contribution in [3.05, 3.63) is 24.7 Å². The molecule has 1 aliphatic rings. The van der Waals surface area contributed by atoms with E-state index >= 15 is 0 Å². The van der Waals surface area contributed by atoms with Crippen LogP contribution in [0.3, 0.4) is 0 Å². The summed E-state index contributed by atoms with van der Waals surface area (Å²) in [6, 6.07) is 3.41. The van der Waals surface area contributed by atoms with Gasteiger partial charge in [-0.15, -0.1) is 0 Å². The van der Waals surface area contributed by atoms with Crippen LogP contribution in [0, 0.1) is 0 Å². The lowest BCUT2D eigenvalue weighted by molar-refractivity contribution is -0.0423. The molecule has 29 heavy (non-hydrogen) atoms.